The van der Waals surface area contributed by atoms with Crippen LogP contribution in [-0.2, 0) is 18.4 Å². The Kier molecular flexibility index (Phi) is 6.53. The van der Waals surface area contributed by atoms with Crippen LogP contribution in [0.4, 0.5) is 0 Å². The van der Waals surface area contributed by atoms with Crippen LogP contribution in [-0.4, -0.2) is 31.4 Å². The van der Waals surface area contributed by atoms with Crippen molar-refractivity contribution in [1.82, 2.24) is 14.7 Å². The molecule has 4 aliphatic carbocycles. The second kappa shape index (κ2) is 10.0. The van der Waals surface area contributed by atoms with Crippen molar-refractivity contribution in [1.29, 1.82) is 0 Å². The predicted molar refractivity (Wildman–Crippen MR) is 158 cm³/mol. The van der Waals surface area contributed by atoms with Crippen LogP contribution in [0.15, 0.2) is 47.3 Å². The van der Waals surface area contributed by atoms with Gasteiger partial charge in [-0.15, -0.1) is 0 Å². The molecule has 0 saturated heterocycles. The van der Waals surface area contributed by atoms with Gasteiger partial charge >= 0.3 is 5.97 Å². The first-order valence-corrected chi connectivity index (χ1v) is 15.0. The standard InChI is InChI=1S/C32H31Cl2N3O4/c1-37-25-4-2-3-19(21(25)15-26(37)30(38)39)7-8-31-9-12-32(13-10-31,14-11-31)40-18-22-28(36-41-29(22)20-5-6-20)27-23(33)16-35-17-24(27)34/h2-4,7-8,15-17,20H,5-6,9-14,18H2,1H3,(H,38,39). The highest BCUT2D eigenvalue weighted by Crippen LogP contribution is 2.55. The Morgan fingerprint density at radius 2 is 1.85 bits per heavy atom. The molecule has 0 amide bonds. The van der Waals surface area contributed by atoms with E-state index in [1.165, 1.54) is 0 Å². The van der Waals surface area contributed by atoms with Crippen LogP contribution in [0.2, 0.25) is 10.0 Å². The lowest BCUT2D eigenvalue weighted by molar-refractivity contribution is -0.133. The van der Waals surface area contributed by atoms with Gasteiger partial charge in [0, 0.05) is 47.4 Å². The van der Waals surface area contributed by atoms with Crippen molar-refractivity contribution in [2.24, 2.45) is 12.5 Å². The van der Waals surface area contributed by atoms with Gasteiger partial charge in [-0.2, -0.15) is 0 Å². The zero-order valence-electron chi connectivity index (χ0n) is 22.8. The molecule has 3 heterocycles. The Bertz CT molecular complexity index is 1660. The summed E-state index contributed by atoms with van der Waals surface area (Å²) in [6.45, 7) is 0.421. The number of fused-ring (bicyclic) bond motifs is 4. The van der Waals surface area contributed by atoms with Crippen LogP contribution >= 0.6 is 23.2 Å². The summed E-state index contributed by atoms with van der Waals surface area (Å²) in [5.41, 5.74) is 4.52. The topological polar surface area (TPSA) is 90.4 Å². The number of nitrogens with zero attached hydrogens (tertiary/aromatic N) is 3. The molecule has 0 aliphatic heterocycles. The van der Waals surface area contributed by atoms with Crippen LogP contribution in [0.25, 0.3) is 28.2 Å². The molecule has 41 heavy (non-hydrogen) atoms. The summed E-state index contributed by atoms with van der Waals surface area (Å²) >= 11 is 13.0. The summed E-state index contributed by atoms with van der Waals surface area (Å²) in [7, 11) is 1.80. The number of aromatic nitrogens is 3. The molecule has 9 heteroatoms. The Balaban J connectivity index is 1.09. The lowest BCUT2D eigenvalue weighted by Crippen LogP contribution is -2.46. The highest BCUT2D eigenvalue weighted by molar-refractivity contribution is 6.38. The molecule has 4 saturated carbocycles. The Labute approximate surface area is 248 Å². The molecular weight excluding hydrogens is 561 g/mol. The summed E-state index contributed by atoms with van der Waals surface area (Å²) in [6.07, 6.45) is 16.1. The van der Waals surface area contributed by atoms with Gasteiger partial charge in [0.05, 0.1) is 22.3 Å². The molecular formula is C32H31Cl2N3O4. The molecule has 4 fully saturated rings. The van der Waals surface area contributed by atoms with Crippen LogP contribution in [0.5, 0.6) is 0 Å². The van der Waals surface area contributed by atoms with Gasteiger partial charge in [0.15, 0.2) is 0 Å². The van der Waals surface area contributed by atoms with Crippen LogP contribution in [0.3, 0.4) is 0 Å². The molecule has 0 radical (unpaired) electrons. The minimum Gasteiger partial charge on any atom is -0.477 e. The quantitative estimate of drug-likeness (QED) is 0.221. The first-order valence-electron chi connectivity index (χ1n) is 14.2. The second-order valence-electron chi connectivity index (χ2n) is 12.0. The van der Waals surface area contributed by atoms with E-state index in [2.05, 4.69) is 28.4 Å². The minimum atomic E-state index is -0.914. The van der Waals surface area contributed by atoms with Gasteiger partial charge in [-0.05, 0) is 74.5 Å². The lowest BCUT2D eigenvalue weighted by atomic mass is 9.58. The van der Waals surface area contributed by atoms with Gasteiger partial charge in [-0.25, -0.2) is 4.79 Å². The molecule has 8 rings (SSSR count). The number of halogens is 2. The second-order valence-corrected chi connectivity index (χ2v) is 12.8. The summed E-state index contributed by atoms with van der Waals surface area (Å²) in [5, 5.41) is 15.8. The van der Waals surface area contributed by atoms with Crippen molar-refractivity contribution in [2.45, 2.75) is 69.5 Å². The van der Waals surface area contributed by atoms with Crippen molar-refractivity contribution in [3.05, 3.63) is 75.4 Å². The van der Waals surface area contributed by atoms with E-state index in [-0.39, 0.29) is 11.0 Å². The largest absolute Gasteiger partial charge is 0.477 e. The fourth-order valence-corrected chi connectivity index (χ4v) is 7.38. The number of carbonyl (C=O) groups is 1. The third-order valence-electron chi connectivity index (χ3n) is 9.57. The Morgan fingerprint density at radius 1 is 1.15 bits per heavy atom. The van der Waals surface area contributed by atoms with Gasteiger partial charge in [0.1, 0.15) is 17.1 Å². The number of benzene rings is 1. The molecule has 1 aromatic carbocycles. The fourth-order valence-electron chi connectivity index (χ4n) is 6.83. The maximum Gasteiger partial charge on any atom is 0.352 e. The Morgan fingerprint density at radius 3 is 2.51 bits per heavy atom. The summed E-state index contributed by atoms with van der Waals surface area (Å²) < 4.78 is 14.4. The highest BCUT2D eigenvalue weighted by atomic mass is 35.5. The average Bonchev–Trinajstić information content (AvgIpc) is 3.65. The lowest BCUT2D eigenvalue weighted by Gasteiger charge is -2.52. The number of hydrogen-bond donors (Lipinski definition) is 1. The SMILES string of the molecule is Cn1c(C(=O)O)cc2c(C=CC34CCC(OCc5c(-c6c(Cl)cncc6Cl)noc5C5CC5)(CC3)CC4)cccc21. The monoisotopic (exact) mass is 591 g/mol. The van der Waals surface area contributed by atoms with E-state index in [1.54, 1.807) is 30.1 Å². The highest BCUT2D eigenvalue weighted by Gasteiger charge is 2.48. The van der Waals surface area contributed by atoms with Crippen molar-refractivity contribution in [2.75, 3.05) is 0 Å². The molecule has 212 valence electrons. The molecule has 4 aromatic rings. The summed E-state index contributed by atoms with van der Waals surface area (Å²) in [5.74, 6) is 0.357. The van der Waals surface area contributed by atoms with E-state index in [0.29, 0.717) is 39.5 Å². The van der Waals surface area contributed by atoms with E-state index in [4.69, 9.17) is 32.5 Å². The van der Waals surface area contributed by atoms with Crippen molar-refractivity contribution < 1.29 is 19.2 Å². The molecule has 1 N–H and O–H groups in total. The fraction of sp³-hybridized carbons (Fsp3) is 0.406. The maximum atomic E-state index is 11.7. The van der Waals surface area contributed by atoms with E-state index >= 15 is 0 Å². The van der Waals surface area contributed by atoms with Gasteiger partial charge in [0.25, 0.3) is 0 Å². The van der Waals surface area contributed by atoms with Crippen LogP contribution in [0, 0.1) is 5.41 Å². The summed E-state index contributed by atoms with van der Waals surface area (Å²) in [6, 6.07) is 7.80. The molecule has 2 bridgehead atoms. The van der Waals surface area contributed by atoms with Gasteiger partial charge < -0.3 is 18.9 Å². The van der Waals surface area contributed by atoms with E-state index < -0.39 is 5.97 Å². The third kappa shape index (κ3) is 4.68. The number of pyridine rings is 1. The number of aryl methyl sites for hydroxylation is 1. The number of carboxylic acid groups (broad SMARTS) is 1. The van der Waals surface area contributed by atoms with E-state index in [9.17, 15) is 9.90 Å². The zero-order valence-corrected chi connectivity index (χ0v) is 24.3. The first-order chi connectivity index (χ1) is 19.8. The van der Waals surface area contributed by atoms with Crippen molar-refractivity contribution >= 4 is 46.2 Å². The van der Waals surface area contributed by atoms with Gasteiger partial charge in [-0.3, -0.25) is 4.98 Å². The number of ether oxygens (including phenoxy) is 1. The normalized spacial score (nSPS) is 24.1. The van der Waals surface area contributed by atoms with Crippen molar-refractivity contribution in [3.63, 3.8) is 0 Å². The smallest absolute Gasteiger partial charge is 0.352 e. The molecule has 0 spiro atoms. The number of rotatable bonds is 8. The van der Waals surface area contributed by atoms with Crippen LogP contribution < -0.4 is 0 Å². The number of carboxylic acids is 1. The molecule has 7 nitrogen and oxygen atoms in total. The first kappa shape index (κ1) is 26.7. The number of allylic oxidation sites excluding steroid dienone is 1. The predicted octanol–water partition coefficient (Wildman–Crippen LogP) is 8.43. The van der Waals surface area contributed by atoms with Crippen molar-refractivity contribution in [3.8, 4) is 11.3 Å². The minimum absolute atomic E-state index is 0.136. The maximum absolute atomic E-state index is 11.7. The third-order valence-corrected chi connectivity index (χ3v) is 10.1. The van der Waals surface area contributed by atoms with E-state index in [0.717, 1.165) is 79.2 Å². The molecule has 0 unspecified atom stereocenters. The summed E-state index contributed by atoms with van der Waals surface area (Å²) in [4.78, 5) is 15.8. The van der Waals surface area contributed by atoms with Crippen LogP contribution in [0.1, 0.15) is 84.7 Å². The van der Waals surface area contributed by atoms with E-state index in [1.807, 2.05) is 12.1 Å². The molecule has 0 atom stereocenters. The molecule has 3 aromatic heterocycles. The average molecular weight is 593 g/mol. The molecule has 4 aliphatic rings. The number of hydrogen-bond acceptors (Lipinski definition) is 5. The Hall–Kier alpha value is -3.13. The van der Waals surface area contributed by atoms with Gasteiger partial charge in [0.2, 0.25) is 0 Å². The van der Waals surface area contributed by atoms with Gasteiger partial charge in [-0.1, -0.05) is 52.6 Å². The number of aromatic carboxylic acids is 1. The zero-order chi connectivity index (χ0) is 28.4.